The maximum absolute atomic E-state index is 10.8. The number of hydrogen-bond acceptors (Lipinski definition) is 4. The lowest BCUT2D eigenvalue weighted by Gasteiger charge is -2.08. The van der Waals surface area contributed by atoms with Crippen LogP contribution in [0.3, 0.4) is 0 Å². The van der Waals surface area contributed by atoms with E-state index in [0.29, 0.717) is 0 Å². The highest BCUT2D eigenvalue weighted by atomic mass is 35.5. The summed E-state index contributed by atoms with van der Waals surface area (Å²) < 4.78 is 5.22. The molecule has 0 aromatic carbocycles. The van der Waals surface area contributed by atoms with Gasteiger partial charge in [-0.2, -0.15) is 0 Å². The molecule has 0 aliphatic carbocycles. The fraction of sp³-hybridized carbons (Fsp3) is 0.300. The van der Waals surface area contributed by atoms with E-state index in [-0.39, 0.29) is 12.0 Å². The van der Waals surface area contributed by atoms with E-state index in [4.69, 9.17) is 11.6 Å². The lowest BCUT2D eigenvalue weighted by atomic mass is 10.3. The minimum atomic E-state index is -0.376. The van der Waals surface area contributed by atoms with Gasteiger partial charge in [-0.05, 0) is 19.1 Å². The fourth-order valence-corrected chi connectivity index (χ4v) is 2.04. The van der Waals surface area contributed by atoms with E-state index in [9.17, 15) is 4.79 Å². The van der Waals surface area contributed by atoms with E-state index >= 15 is 0 Å². The minimum Gasteiger partial charge on any atom is -0.466 e. The van der Waals surface area contributed by atoms with Gasteiger partial charge in [0.25, 0.3) is 0 Å². The first-order valence-electron chi connectivity index (χ1n) is 4.39. The summed E-state index contributed by atoms with van der Waals surface area (Å²) in [5.74, 6) is -0.376. The Kier molecular flexibility index (Phi) is 4.65. The maximum Gasteiger partial charge on any atom is 0.331 e. The van der Waals surface area contributed by atoms with Gasteiger partial charge in [0, 0.05) is 17.2 Å². The molecular weight excluding hydrogens is 234 g/mol. The number of esters is 1. The van der Waals surface area contributed by atoms with Crippen LogP contribution in [-0.2, 0) is 9.53 Å². The average Bonchev–Trinajstić information content (AvgIpc) is 2.64. The number of carbonyl (C=O) groups excluding carboxylic acids is 1. The van der Waals surface area contributed by atoms with Gasteiger partial charge in [-0.3, -0.25) is 0 Å². The van der Waals surface area contributed by atoms with Gasteiger partial charge in [0.1, 0.15) is 0 Å². The molecule has 1 heterocycles. The Hall–Kier alpha value is -1.000. The van der Waals surface area contributed by atoms with Crippen molar-refractivity contribution in [1.82, 2.24) is 5.32 Å². The van der Waals surface area contributed by atoms with Crippen LogP contribution in [0.1, 0.15) is 17.8 Å². The van der Waals surface area contributed by atoms with Gasteiger partial charge in [-0.15, -0.1) is 11.3 Å². The van der Waals surface area contributed by atoms with Crippen molar-refractivity contribution in [3.8, 4) is 0 Å². The third-order valence-corrected chi connectivity index (χ3v) is 3.20. The Morgan fingerprint density at radius 1 is 1.67 bits per heavy atom. The summed E-state index contributed by atoms with van der Waals surface area (Å²) >= 11 is 7.32. The largest absolute Gasteiger partial charge is 0.466 e. The zero-order valence-corrected chi connectivity index (χ0v) is 10.1. The molecule has 1 aromatic heterocycles. The molecular formula is C10H12ClNO2S. The zero-order valence-electron chi connectivity index (χ0n) is 8.49. The molecule has 0 aliphatic heterocycles. The van der Waals surface area contributed by atoms with E-state index in [1.54, 1.807) is 6.20 Å². The molecule has 1 unspecified atom stereocenters. The molecule has 0 fully saturated rings. The van der Waals surface area contributed by atoms with Crippen LogP contribution < -0.4 is 5.32 Å². The van der Waals surface area contributed by atoms with Crippen molar-refractivity contribution in [3.05, 3.63) is 33.6 Å². The molecule has 0 aliphatic rings. The van der Waals surface area contributed by atoms with Crippen LogP contribution >= 0.6 is 22.9 Å². The molecule has 1 aromatic rings. The van der Waals surface area contributed by atoms with Gasteiger partial charge >= 0.3 is 5.97 Å². The topological polar surface area (TPSA) is 38.3 Å². The average molecular weight is 246 g/mol. The Labute approximate surface area is 97.7 Å². The molecule has 1 rings (SSSR count). The molecule has 1 N–H and O–H groups in total. The fourth-order valence-electron chi connectivity index (χ4n) is 0.972. The third kappa shape index (κ3) is 3.93. The predicted molar refractivity (Wildman–Crippen MR) is 62.0 cm³/mol. The van der Waals surface area contributed by atoms with Crippen molar-refractivity contribution in [2.45, 2.75) is 13.0 Å². The van der Waals surface area contributed by atoms with Gasteiger partial charge in [0.05, 0.1) is 17.5 Å². The molecule has 0 saturated heterocycles. The number of carbonyl (C=O) groups is 1. The van der Waals surface area contributed by atoms with Gasteiger partial charge < -0.3 is 10.1 Å². The van der Waals surface area contributed by atoms with Gasteiger partial charge in [0.2, 0.25) is 0 Å². The number of thiophene rings is 1. The second-order valence-electron chi connectivity index (χ2n) is 2.89. The van der Waals surface area contributed by atoms with Crippen molar-refractivity contribution in [2.24, 2.45) is 0 Å². The number of ether oxygens (including phenoxy) is 1. The minimum absolute atomic E-state index is 0.128. The number of halogens is 1. The molecule has 3 nitrogen and oxygen atoms in total. The summed E-state index contributed by atoms with van der Waals surface area (Å²) in [4.78, 5) is 11.9. The lowest BCUT2D eigenvalue weighted by Crippen LogP contribution is -2.11. The molecule has 82 valence electrons. The summed E-state index contributed by atoms with van der Waals surface area (Å²) in [6.45, 7) is 1.99. The van der Waals surface area contributed by atoms with E-state index in [0.717, 1.165) is 9.21 Å². The van der Waals surface area contributed by atoms with E-state index in [1.165, 1.54) is 24.5 Å². The first kappa shape index (κ1) is 12.1. The SMILES string of the molecule is COC(=O)/C=C/NC(C)c1ccc(Cl)s1. The number of methoxy groups -OCH3 is 1. The van der Waals surface area contributed by atoms with Gasteiger partial charge in [-0.25, -0.2) is 4.79 Å². The zero-order chi connectivity index (χ0) is 11.3. The molecule has 5 heteroatoms. The summed E-state index contributed by atoms with van der Waals surface area (Å²) in [6, 6.07) is 3.93. The lowest BCUT2D eigenvalue weighted by molar-refractivity contribution is -0.134. The highest BCUT2D eigenvalue weighted by Gasteiger charge is 2.05. The van der Waals surface area contributed by atoms with Crippen LogP contribution in [-0.4, -0.2) is 13.1 Å². The van der Waals surface area contributed by atoms with Crippen molar-refractivity contribution in [1.29, 1.82) is 0 Å². The summed E-state index contributed by atoms with van der Waals surface area (Å²) in [6.07, 6.45) is 2.91. The standard InChI is InChI=1S/C10H12ClNO2S/c1-7(8-3-4-9(11)15-8)12-6-5-10(13)14-2/h3-7,12H,1-2H3/b6-5+. The Balaban J connectivity index is 2.46. The number of nitrogens with one attached hydrogen (secondary N) is 1. The van der Waals surface area contributed by atoms with E-state index in [2.05, 4.69) is 10.1 Å². The molecule has 15 heavy (non-hydrogen) atoms. The van der Waals surface area contributed by atoms with E-state index < -0.39 is 0 Å². The second-order valence-corrected chi connectivity index (χ2v) is 4.63. The Bertz CT molecular complexity index is 362. The number of rotatable bonds is 4. The van der Waals surface area contributed by atoms with Crippen LogP contribution in [0.5, 0.6) is 0 Å². The van der Waals surface area contributed by atoms with Crippen LogP contribution in [0.2, 0.25) is 4.34 Å². The smallest absolute Gasteiger partial charge is 0.331 e. The first-order valence-corrected chi connectivity index (χ1v) is 5.58. The van der Waals surface area contributed by atoms with Crippen molar-refractivity contribution < 1.29 is 9.53 Å². The predicted octanol–water partition coefficient (Wildman–Crippen LogP) is 2.74. The first-order chi connectivity index (χ1) is 7.13. The molecule has 0 bridgehead atoms. The van der Waals surface area contributed by atoms with Crippen LogP contribution in [0.4, 0.5) is 0 Å². The quantitative estimate of drug-likeness (QED) is 0.655. The highest BCUT2D eigenvalue weighted by molar-refractivity contribution is 7.16. The van der Waals surface area contributed by atoms with Gasteiger partial charge in [-0.1, -0.05) is 11.6 Å². The van der Waals surface area contributed by atoms with Gasteiger partial charge in [0.15, 0.2) is 0 Å². The summed E-state index contributed by atoms with van der Waals surface area (Å²) in [5.41, 5.74) is 0. The second kappa shape index (κ2) is 5.78. The van der Waals surface area contributed by atoms with E-state index in [1.807, 2.05) is 19.1 Å². The van der Waals surface area contributed by atoms with Crippen LogP contribution in [0.15, 0.2) is 24.4 Å². The Morgan fingerprint density at radius 3 is 2.93 bits per heavy atom. The molecule has 0 saturated carbocycles. The normalized spacial score (nSPS) is 12.7. The van der Waals surface area contributed by atoms with Crippen molar-refractivity contribution in [3.63, 3.8) is 0 Å². The van der Waals surface area contributed by atoms with Crippen LogP contribution in [0, 0.1) is 0 Å². The highest BCUT2D eigenvalue weighted by Crippen LogP contribution is 2.26. The molecule has 0 radical (unpaired) electrons. The molecule has 0 spiro atoms. The third-order valence-electron chi connectivity index (χ3n) is 1.79. The Morgan fingerprint density at radius 2 is 2.40 bits per heavy atom. The van der Waals surface area contributed by atoms with Crippen LogP contribution in [0.25, 0.3) is 0 Å². The molecule has 1 atom stereocenters. The summed E-state index contributed by atoms with van der Waals surface area (Å²) in [5, 5.41) is 3.05. The number of hydrogen-bond donors (Lipinski definition) is 1. The maximum atomic E-state index is 10.8. The molecule has 0 amide bonds. The van der Waals surface area contributed by atoms with Crippen molar-refractivity contribution in [2.75, 3.05) is 7.11 Å². The van der Waals surface area contributed by atoms with Crippen molar-refractivity contribution >= 4 is 28.9 Å². The summed E-state index contributed by atoms with van der Waals surface area (Å²) in [7, 11) is 1.34. The monoisotopic (exact) mass is 245 g/mol.